The number of hydrogen-bond acceptors (Lipinski definition) is 5. The number of amides is 1. The highest BCUT2D eigenvalue weighted by Gasteiger charge is 2.25. The van der Waals surface area contributed by atoms with Crippen molar-refractivity contribution in [2.45, 2.75) is 12.8 Å². The molecule has 0 unspecified atom stereocenters. The summed E-state index contributed by atoms with van der Waals surface area (Å²) < 4.78 is 7.48. The Morgan fingerprint density at radius 2 is 1.87 bits per heavy atom. The van der Waals surface area contributed by atoms with Gasteiger partial charge in [-0.2, -0.15) is 0 Å². The molecule has 1 saturated heterocycles. The Labute approximate surface area is 188 Å². The summed E-state index contributed by atoms with van der Waals surface area (Å²) in [6, 6.07) is 15.4. The van der Waals surface area contributed by atoms with Gasteiger partial charge in [0.15, 0.2) is 5.78 Å². The Balaban J connectivity index is 1.19. The van der Waals surface area contributed by atoms with Crippen molar-refractivity contribution in [1.82, 2.24) is 4.90 Å². The van der Waals surface area contributed by atoms with E-state index in [1.807, 2.05) is 53.9 Å². The zero-order valence-electron chi connectivity index (χ0n) is 16.5. The number of anilines is 1. The number of nitrogens with zero attached hydrogens (tertiary/aromatic N) is 1. The van der Waals surface area contributed by atoms with Gasteiger partial charge >= 0.3 is 6.09 Å². The fraction of sp³-hybridized carbons (Fsp3) is 0.304. The number of benzene rings is 2. The van der Waals surface area contributed by atoms with Crippen molar-refractivity contribution < 1.29 is 14.3 Å². The van der Waals surface area contributed by atoms with E-state index in [0.29, 0.717) is 13.2 Å². The molecule has 5 nitrogen and oxygen atoms in total. The van der Waals surface area contributed by atoms with E-state index >= 15 is 0 Å². The predicted molar refractivity (Wildman–Crippen MR) is 124 cm³/mol. The molecule has 0 radical (unpaired) electrons. The summed E-state index contributed by atoms with van der Waals surface area (Å²) in [6.07, 6.45) is 1.23. The lowest BCUT2D eigenvalue weighted by atomic mass is 9.89. The van der Waals surface area contributed by atoms with Crippen LogP contribution >= 0.6 is 27.3 Å². The molecule has 2 heterocycles. The van der Waals surface area contributed by atoms with Crippen LogP contribution in [0.1, 0.15) is 23.2 Å². The third kappa shape index (κ3) is 5.09. The van der Waals surface area contributed by atoms with Crippen LogP contribution in [0.4, 0.5) is 10.5 Å². The quantitative estimate of drug-likeness (QED) is 0.446. The molecular weight excluding hydrogens is 464 g/mol. The average molecular weight is 487 g/mol. The number of nitrogens with one attached hydrogen (secondary N) is 1. The zero-order valence-corrected chi connectivity index (χ0v) is 18.9. The molecule has 2 aromatic carbocycles. The molecule has 4 rings (SSSR count). The standard InChI is InChI=1S/C23H23BrN2O3S/c24-18-6-4-16(5-7-18)22(27)17-8-11-26(12-9-17)13-14-29-23(28)25-20-2-1-3-21-19(20)10-15-30-21/h1-7,10,15,17H,8-9,11-14H2,(H,25,28). The van der Waals surface area contributed by atoms with E-state index in [4.69, 9.17) is 4.74 Å². The second-order valence-electron chi connectivity index (χ2n) is 7.39. The van der Waals surface area contributed by atoms with Gasteiger partial charge in [-0.3, -0.25) is 15.0 Å². The van der Waals surface area contributed by atoms with Gasteiger partial charge in [0.2, 0.25) is 0 Å². The number of fused-ring (bicyclic) bond motifs is 1. The minimum atomic E-state index is -0.436. The van der Waals surface area contributed by atoms with Gasteiger partial charge in [0, 0.05) is 32.6 Å². The van der Waals surface area contributed by atoms with Crippen LogP contribution in [0.2, 0.25) is 0 Å². The van der Waals surface area contributed by atoms with Gasteiger partial charge in [-0.15, -0.1) is 11.3 Å². The zero-order chi connectivity index (χ0) is 20.9. The van der Waals surface area contributed by atoms with Crippen LogP contribution in [0.15, 0.2) is 58.4 Å². The van der Waals surface area contributed by atoms with Crippen LogP contribution in [0.5, 0.6) is 0 Å². The molecule has 0 spiro atoms. The van der Waals surface area contributed by atoms with E-state index in [9.17, 15) is 9.59 Å². The molecule has 0 atom stereocenters. The molecule has 0 bridgehead atoms. The van der Waals surface area contributed by atoms with Gasteiger partial charge in [0.05, 0.1) is 5.69 Å². The van der Waals surface area contributed by atoms with Gasteiger partial charge in [0.25, 0.3) is 0 Å². The van der Waals surface area contributed by atoms with Crippen LogP contribution < -0.4 is 5.32 Å². The Hall–Kier alpha value is -2.22. The maximum Gasteiger partial charge on any atom is 0.411 e. The molecule has 0 saturated carbocycles. The van der Waals surface area contributed by atoms with Gasteiger partial charge < -0.3 is 4.74 Å². The largest absolute Gasteiger partial charge is 0.448 e. The molecule has 30 heavy (non-hydrogen) atoms. The van der Waals surface area contributed by atoms with Gasteiger partial charge in [0.1, 0.15) is 6.61 Å². The number of piperidine rings is 1. The Morgan fingerprint density at radius 1 is 1.10 bits per heavy atom. The summed E-state index contributed by atoms with van der Waals surface area (Å²) in [4.78, 5) is 27.1. The van der Waals surface area contributed by atoms with Gasteiger partial charge in [-0.25, -0.2) is 4.79 Å². The van der Waals surface area contributed by atoms with Crippen molar-refractivity contribution in [3.63, 3.8) is 0 Å². The highest BCUT2D eigenvalue weighted by atomic mass is 79.9. The summed E-state index contributed by atoms with van der Waals surface area (Å²) in [6.45, 7) is 2.68. The molecule has 1 aliphatic rings. The number of hydrogen-bond donors (Lipinski definition) is 1. The number of rotatable bonds is 6. The molecule has 1 N–H and O–H groups in total. The van der Waals surface area contributed by atoms with Crippen LogP contribution in [-0.4, -0.2) is 43.0 Å². The van der Waals surface area contributed by atoms with Crippen LogP contribution in [-0.2, 0) is 4.74 Å². The SMILES string of the molecule is O=C(Nc1cccc2sccc12)OCCN1CCC(C(=O)c2ccc(Br)cc2)CC1. The summed E-state index contributed by atoms with van der Waals surface area (Å²) in [5.41, 5.74) is 1.54. The second-order valence-corrected chi connectivity index (χ2v) is 9.25. The maximum absolute atomic E-state index is 12.7. The fourth-order valence-electron chi connectivity index (χ4n) is 3.79. The lowest BCUT2D eigenvalue weighted by molar-refractivity contribution is 0.0813. The highest BCUT2D eigenvalue weighted by molar-refractivity contribution is 9.10. The topological polar surface area (TPSA) is 58.6 Å². The number of carbonyl (C=O) groups is 2. The fourth-order valence-corrected chi connectivity index (χ4v) is 4.86. The molecule has 156 valence electrons. The number of thiophene rings is 1. The molecule has 1 aliphatic heterocycles. The number of halogens is 1. The molecule has 1 fully saturated rings. The van der Waals surface area contributed by atoms with E-state index in [0.717, 1.165) is 51.7 Å². The van der Waals surface area contributed by atoms with Crippen molar-refractivity contribution in [3.05, 3.63) is 63.9 Å². The molecule has 0 aliphatic carbocycles. The average Bonchev–Trinajstić information content (AvgIpc) is 3.24. The van der Waals surface area contributed by atoms with Crippen molar-refractivity contribution >= 4 is 54.9 Å². The number of carbonyl (C=O) groups excluding carboxylic acids is 2. The van der Waals surface area contributed by atoms with Crippen LogP contribution in [0, 0.1) is 5.92 Å². The first-order chi connectivity index (χ1) is 14.6. The Kier molecular flexibility index (Phi) is 6.82. The lowest BCUT2D eigenvalue weighted by Gasteiger charge is -2.31. The highest BCUT2D eigenvalue weighted by Crippen LogP contribution is 2.28. The van der Waals surface area contributed by atoms with Crippen molar-refractivity contribution in [2.24, 2.45) is 5.92 Å². The maximum atomic E-state index is 12.7. The van der Waals surface area contributed by atoms with Crippen LogP contribution in [0.3, 0.4) is 0 Å². The van der Waals surface area contributed by atoms with E-state index < -0.39 is 6.09 Å². The summed E-state index contributed by atoms with van der Waals surface area (Å²) >= 11 is 5.04. The first kappa shape index (κ1) is 21.0. The lowest BCUT2D eigenvalue weighted by Crippen LogP contribution is -2.38. The predicted octanol–water partition coefficient (Wildman–Crippen LogP) is 5.81. The van der Waals surface area contributed by atoms with E-state index in [1.54, 1.807) is 11.3 Å². The summed E-state index contributed by atoms with van der Waals surface area (Å²) in [7, 11) is 0. The minimum Gasteiger partial charge on any atom is -0.448 e. The third-order valence-corrected chi connectivity index (χ3v) is 6.87. The monoisotopic (exact) mass is 486 g/mol. The van der Waals surface area contributed by atoms with Crippen molar-refractivity contribution in [2.75, 3.05) is 31.6 Å². The second kappa shape index (κ2) is 9.73. The van der Waals surface area contributed by atoms with E-state index in [-0.39, 0.29) is 11.7 Å². The number of ether oxygens (including phenoxy) is 1. The Bertz CT molecular complexity index is 1030. The van der Waals surface area contributed by atoms with E-state index in [2.05, 4.69) is 26.1 Å². The first-order valence-corrected chi connectivity index (χ1v) is 11.7. The smallest absolute Gasteiger partial charge is 0.411 e. The molecular formula is C23H23BrN2O3S. The number of ketones is 1. The Morgan fingerprint density at radius 3 is 2.63 bits per heavy atom. The third-order valence-electron chi connectivity index (χ3n) is 5.46. The number of Topliss-reactive ketones (excluding diaryl/α,β-unsaturated/α-hetero) is 1. The normalized spacial score (nSPS) is 15.2. The molecule has 1 aromatic heterocycles. The van der Waals surface area contributed by atoms with Crippen LogP contribution in [0.25, 0.3) is 10.1 Å². The molecule has 7 heteroatoms. The molecule has 3 aromatic rings. The first-order valence-electron chi connectivity index (χ1n) is 10.0. The summed E-state index contributed by atoms with van der Waals surface area (Å²) in [5, 5.41) is 5.86. The summed E-state index contributed by atoms with van der Waals surface area (Å²) in [5.74, 6) is 0.290. The van der Waals surface area contributed by atoms with Gasteiger partial charge in [-0.05, 0) is 61.6 Å². The molecule has 1 amide bonds. The van der Waals surface area contributed by atoms with E-state index in [1.165, 1.54) is 0 Å². The van der Waals surface area contributed by atoms with Gasteiger partial charge in [-0.1, -0.05) is 34.1 Å². The van der Waals surface area contributed by atoms with Crippen molar-refractivity contribution in [1.29, 1.82) is 0 Å². The number of likely N-dealkylation sites (tertiary alicyclic amines) is 1. The minimum absolute atomic E-state index is 0.0674. The van der Waals surface area contributed by atoms with Crippen molar-refractivity contribution in [3.8, 4) is 0 Å².